The number of aliphatic imine (C=N–C) groups is 1. The lowest BCUT2D eigenvalue weighted by atomic mass is 10.1. The normalized spacial score (nSPS) is 14.1. The van der Waals surface area contributed by atoms with Crippen LogP contribution in [0.2, 0.25) is 0 Å². The van der Waals surface area contributed by atoms with Crippen molar-refractivity contribution in [2.45, 2.75) is 45.6 Å². The van der Waals surface area contributed by atoms with Crippen molar-refractivity contribution < 1.29 is 4.58 Å². The molecule has 106 valence electrons. The molecule has 0 heterocycles. The molecule has 18 heavy (non-hydrogen) atoms. The summed E-state index contributed by atoms with van der Waals surface area (Å²) in [5.41, 5.74) is -0.00572. The second kappa shape index (κ2) is 9.22. The zero-order chi connectivity index (χ0) is 14.0. The van der Waals surface area contributed by atoms with Crippen LogP contribution in [0.4, 0.5) is 0 Å². The minimum absolute atomic E-state index is 0.00572. The van der Waals surface area contributed by atoms with Gasteiger partial charge in [0.2, 0.25) is 0 Å². The monoisotopic (exact) mass is 255 g/mol. The molecule has 0 aromatic carbocycles. The van der Waals surface area contributed by atoms with Gasteiger partial charge in [-0.25, -0.2) is 4.58 Å². The van der Waals surface area contributed by atoms with E-state index in [1.54, 1.807) is 0 Å². The summed E-state index contributed by atoms with van der Waals surface area (Å²) in [7, 11) is 6.07. The molecule has 0 fully saturated rings. The maximum absolute atomic E-state index is 4.60. The van der Waals surface area contributed by atoms with Gasteiger partial charge in [-0.15, -0.1) is 0 Å². The Bertz CT molecular complexity index is 280. The molecule has 0 aliphatic rings. The van der Waals surface area contributed by atoms with Crippen LogP contribution in [0.1, 0.15) is 40.0 Å². The van der Waals surface area contributed by atoms with E-state index in [0.717, 1.165) is 19.5 Å². The molecule has 0 aromatic rings. The molecule has 0 saturated carbocycles. The van der Waals surface area contributed by atoms with Crippen LogP contribution in [-0.2, 0) is 0 Å². The van der Waals surface area contributed by atoms with Crippen molar-refractivity contribution in [2.24, 2.45) is 4.99 Å². The minimum Gasteiger partial charge on any atom is -0.320 e. The van der Waals surface area contributed by atoms with E-state index in [1.807, 2.05) is 14.1 Å². The molecule has 0 amide bonds. The third kappa shape index (κ3) is 7.56. The lowest BCUT2D eigenvalue weighted by molar-refractivity contribution is -0.372. The van der Waals surface area contributed by atoms with Crippen LogP contribution in [0.25, 0.3) is 0 Å². The number of hydrogen-bond acceptors (Lipinski definition) is 3. The smallest absolute Gasteiger partial charge is 0.291 e. The molecule has 0 aliphatic carbocycles. The molecule has 0 aliphatic heterocycles. The van der Waals surface area contributed by atoms with Gasteiger partial charge < -0.3 is 10.6 Å². The van der Waals surface area contributed by atoms with Crippen LogP contribution in [0.3, 0.4) is 0 Å². The summed E-state index contributed by atoms with van der Waals surface area (Å²) in [4.78, 5) is 4.60. The van der Waals surface area contributed by atoms with E-state index in [2.05, 4.69) is 54.2 Å². The van der Waals surface area contributed by atoms with E-state index in [1.165, 1.54) is 18.7 Å². The molecular formula is C14H31N4+. The molecule has 4 heteroatoms. The molecule has 0 aromatic heterocycles. The Balaban J connectivity index is 4.55. The van der Waals surface area contributed by atoms with Gasteiger partial charge in [-0.2, -0.15) is 0 Å². The fourth-order valence-electron chi connectivity index (χ4n) is 1.76. The van der Waals surface area contributed by atoms with E-state index < -0.39 is 0 Å². The molecule has 0 radical (unpaired) electrons. The summed E-state index contributed by atoms with van der Waals surface area (Å²) in [6, 6.07) is 0. The Labute approximate surface area is 113 Å². The zero-order valence-electron chi connectivity index (χ0n) is 13.0. The predicted molar refractivity (Wildman–Crippen MR) is 81.1 cm³/mol. The van der Waals surface area contributed by atoms with Gasteiger partial charge in [0.05, 0.1) is 25.2 Å². The van der Waals surface area contributed by atoms with Crippen molar-refractivity contribution in [3.63, 3.8) is 0 Å². The fraction of sp³-hybridized carbons (Fsp3) is 0.857. The minimum atomic E-state index is -0.00572. The summed E-state index contributed by atoms with van der Waals surface area (Å²) < 4.78 is 2.17. The Morgan fingerprint density at radius 3 is 2.44 bits per heavy atom. The van der Waals surface area contributed by atoms with Gasteiger partial charge in [0.25, 0.3) is 5.84 Å². The van der Waals surface area contributed by atoms with Crippen LogP contribution in [-0.4, -0.2) is 56.4 Å². The lowest BCUT2D eigenvalue weighted by Gasteiger charge is -2.18. The van der Waals surface area contributed by atoms with Crippen molar-refractivity contribution in [1.82, 2.24) is 10.6 Å². The van der Waals surface area contributed by atoms with Crippen molar-refractivity contribution in [3.8, 4) is 0 Å². The molecule has 2 N–H and O–H groups in total. The first-order valence-electron chi connectivity index (χ1n) is 6.92. The molecule has 0 atom stereocenters. The molecule has 0 rings (SSSR count). The summed E-state index contributed by atoms with van der Waals surface area (Å²) in [5, 5.41) is 6.46. The van der Waals surface area contributed by atoms with Gasteiger partial charge >= 0.3 is 0 Å². The van der Waals surface area contributed by atoms with Crippen LogP contribution in [0.5, 0.6) is 0 Å². The fourth-order valence-corrected chi connectivity index (χ4v) is 1.76. The van der Waals surface area contributed by atoms with Gasteiger partial charge in [-0.3, -0.25) is 0 Å². The Kier molecular flexibility index (Phi) is 8.85. The Morgan fingerprint density at radius 2 is 1.94 bits per heavy atom. The number of amidine groups is 1. The number of nitrogens with zero attached hydrogens (tertiary/aromatic N) is 2. The topological polar surface area (TPSA) is 39.4 Å². The molecule has 0 saturated heterocycles. The van der Waals surface area contributed by atoms with E-state index in [9.17, 15) is 0 Å². The average Bonchev–Trinajstić information content (AvgIpc) is 2.32. The van der Waals surface area contributed by atoms with Crippen molar-refractivity contribution in [2.75, 3.05) is 34.2 Å². The first-order chi connectivity index (χ1) is 8.46. The van der Waals surface area contributed by atoms with E-state index in [4.69, 9.17) is 0 Å². The Hall–Kier alpha value is -0.740. The number of unbranched alkanes of at least 4 members (excludes halogenated alkanes) is 1. The quantitative estimate of drug-likeness (QED) is 0.299. The van der Waals surface area contributed by atoms with Crippen LogP contribution < -0.4 is 10.6 Å². The number of rotatable bonds is 8. The zero-order valence-corrected chi connectivity index (χ0v) is 13.0. The van der Waals surface area contributed by atoms with Crippen LogP contribution in [0, 0.1) is 0 Å². The van der Waals surface area contributed by atoms with Gasteiger partial charge in [0.15, 0.2) is 0 Å². The van der Waals surface area contributed by atoms with Crippen molar-refractivity contribution in [1.29, 1.82) is 0 Å². The highest BCUT2D eigenvalue weighted by molar-refractivity contribution is 5.79. The first kappa shape index (κ1) is 17.3. The second-order valence-electron chi connectivity index (χ2n) is 5.16. The maximum atomic E-state index is 4.60. The summed E-state index contributed by atoms with van der Waals surface area (Å²) >= 11 is 0. The summed E-state index contributed by atoms with van der Waals surface area (Å²) in [6.45, 7) is 8.33. The van der Waals surface area contributed by atoms with Gasteiger partial charge in [0.1, 0.15) is 6.54 Å². The number of nitrogens with one attached hydrogen (secondary N) is 2. The highest BCUT2D eigenvalue weighted by atomic mass is 15.1. The average molecular weight is 255 g/mol. The first-order valence-corrected chi connectivity index (χ1v) is 6.92. The van der Waals surface area contributed by atoms with E-state index in [0.29, 0.717) is 0 Å². The van der Waals surface area contributed by atoms with E-state index >= 15 is 0 Å². The summed E-state index contributed by atoms with van der Waals surface area (Å²) in [5.74, 6) is 1.18. The third-order valence-corrected chi connectivity index (χ3v) is 2.99. The largest absolute Gasteiger partial charge is 0.320 e. The molecule has 4 nitrogen and oxygen atoms in total. The summed E-state index contributed by atoms with van der Waals surface area (Å²) in [6.07, 6.45) is 5.61. The highest BCUT2D eigenvalue weighted by Crippen LogP contribution is 2.01. The molecule has 0 spiro atoms. The van der Waals surface area contributed by atoms with Gasteiger partial charge in [0, 0.05) is 0 Å². The van der Waals surface area contributed by atoms with E-state index in [-0.39, 0.29) is 5.54 Å². The Morgan fingerprint density at radius 1 is 1.28 bits per heavy atom. The molecular weight excluding hydrogens is 224 g/mol. The second-order valence-corrected chi connectivity index (χ2v) is 5.16. The van der Waals surface area contributed by atoms with Gasteiger partial charge in [-0.1, -0.05) is 4.99 Å². The molecule has 0 unspecified atom stereocenters. The molecule has 0 bridgehead atoms. The predicted octanol–water partition coefficient (Wildman–Crippen LogP) is 1.51. The van der Waals surface area contributed by atoms with Crippen molar-refractivity contribution in [3.05, 3.63) is 0 Å². The highest BCUT2D eigenvalue weighted by Gasteiger charge is 2.17. The van der Waals surface area contributed by atoms with Gasteiger partial charge in [-0.05, 0) is 54.3 Å². The van der Waals surface area contributed by atoms with Crippen molar-refractivity contribution >= 4 is 12.1 Å². The van der Waals surface area contributed by atoms with Crippen LogP contribution in [0.15, 0.2) is 4.99 Å². The third-order valence-electron chi connectivity index (χ3n) is 2.99. The SMILES string of the molecule is CCN=C(CCCCNC)[N+](C)=CC(C)(C)NC. The maximum Gasteiger partial charge on any atom is 0.291 e. The number of hydrogen-bond donors (Lipinski definition) is 2. The lowest BCUT2D eigenvalue weighted by Crippen LogP contribution is -2.41. The van der Waals surface area contributed by atoms with Crippen LogP contribution >= 0.6 is 0 Å². The standard InChI is InChI=1S/C14H31N4/c1-7-17-13(10-8-9-11-15-4)18(6)12-14(2,3)16-5/h12,15-16H,7-11H2,1-6H3/q+1.